The topological polar surface area (TPSA) is 33.0 Å². The molecule has 0 bridgehead atoms. The fourth-order valence-electron chi connectivity index (χ4n) is 1.80. The number of ether oxygens (including phenoxy) is 1. The summed E-state index contributed by atoms with van der Waals surface area (Å²) in [7, 11) is 0. The van der Waals surface area contributed by atoms with Crippen molar-refractivity contribution >= 4 is 0 Å². The highest BCUT2D eigenvalue weighted by Gasteiger charge is 2.10. The lowest BCUT2D eigenvalue weighted by Gasteiger charge is -2.12. The Morgan fingerprint density at radius 2 is 1.74 bits per heavy atom. The Kier molecular flexibility index (Phi) is 4.52. The van der Waals surface area contributed by atoms with Crippen LogP contribution in [0.25, 0.3) is 0 Å². The molecule has 0 aliphatic rings. The number of hydrogen-bond acceptors (Lipinski definition) is 2. The number of rotatable bonds is 5. The highest BCUT2D eigenvalue weighted by atomic mass is 19.1. The maximum Gasteiger partial charge on any atom is 0.184 e. The number of benzene rings is 2. The second-order valence-corrected chi connectivity index (χ2v) is 4.18. The first-order chi connectivity index (χ1) is 9.29. The largest absolute Gasteiger partial charge is 0.476 e. The third-order valence-corrected chi connectivity index (χ3v) is 2.80. The van der Waals surface area contributed by atoms with E-state index in [2.05, 4.69) is 6.07 Å². The van der Waals surface area contributed by atoms with Gasteiger partial charge in [0.25, 0.3) is 0 Å². The molecule has 0 fully saturated rings. The summed E-state index contributed by atoms with van der Waals surface area (Å²) in [4.78, 5) is 0. The molecule has 2 aromatic rings. The summed E-state index contributed by atoms with van der Waals surface area (Å²) in [6.45, 7) is 0. The van der Waals surface area contributed by atoms with Gasteiger partial charge in [0.05, 0.1) is 0 Å². The van der Waals surface area contributed by atoms with Crippen molar-refractivity contribution in [2.75, 3.05) is 0 Å². The van der Waals surface area contributed by atoms with Crippen LogP contribution < -0.4 is 4.74 Å². The van der Waals surface area contributed by atoms with Crippen LogP contribution in [0.4, 0.5) is 4.39 Å². The highest BCUT2D eigenvalue weighted by Crippen LogP contribution is 2.15. The van der Waals surface area contributed by atoms with Crippen molar-refractivity contribution in [2.24, 2.45) is 0 Å². The summed E-state index contributed by atoms with van der Waals surface area (Å²) in [5.41, 5.74) is 0.611. The van der Waals surface area contributed by atoms with Gasteiger partial charge in [-0.25, -0.2) is 4.39 Å². The summed E-state index contributed by atoms with van der Waals surface area (Å²) < 4.78 is 19.0. The molecule has 0 aliphatic carbocycles. The summed E-state index contributed by atoms with van der Waals surface area (Å²) in [5.74, 6) is 0.418. The number of aryl methyl sites for hydroxylation is 1. The van der Waals surface area contributed by atoms with E-state index in [4.69, 9.17) is 10.00 Å². The van der Waals surface area contributed by atoms with E-state index < -0.39 is 6.10 Å². The van der Waals surface area contributed by atoms with Crippen molar-refractivity contribution in [2.45, 2.75) is 18.9 Å². The molecule has 1 atom stereocenters. The van der Waals surface area contributed by atoms with Gasteiger partial charge in [-0.3, -0.25) is 0 Å². The Hall–Kier alpha value is -2.34. The van der Waals surface area contributed by atoms with Crippen LogP contribution in [0.5, 0.6) is 5.75 Å². The van der Waals surface area contributed by atoms with Gasteiger partial charge < -0.3 is 4.74 Å². The van der Waals surface area contributed by atoms with Crippen LogP contribution in [0, 0.1) is 17.1 Å². The van der Waals surface area contributed by atoms with Crippen LogP contribution in [0.1, 0.15) is 12.0 Å². The summed E-state index contributed by atoms with van der Waals surface area (Å²) in [6, 6.07) is 17.9. The van der Waals surface area contributed by atoms with Crippen molar-refractivity contribution in [1.29, 1.82) is 5.26 Å². The van der Waals surface area contributed by atoms with Crippen molar-refractivity contribution in [3.05, 3.63) is 66.0 Å². The van der Waals surface area contributed by atoms with Crippen LogP contribution >= 0.6 is 0 Å². The first kappa shape index (κ1) is 13.1. The predicted molar refractivity (Wildman–Crippen MR) is 71.2 cm³/mol. The molecule has 2 aromatic carbocycles. The lowest BCUT2D eigenvalue weighted by molar-refractivity contribution is 0.245. The number of halogens is 1. The average molecular weight is 255 g/mol. The minimum absolute atomic E-state index is 0.237. The fourth-order valence-corrected chi connectivity index (χ4v) is 1.80. The molecule has 0 spiro atoms. The smallest absolute Gasteiger partial charge is 0.184 e. The Balaban J connectivity index is 1.94. The molecule has 19 heavy (non-hydrogen) atoms. The second-order valence-electron chi connectivity index (χ2n) is 4.18. The summed E-state index contributed by atoms with van der Waals surface area (Å²) in [6.07, 6.45) is 0.381. The molecule has 0 aromatic heterocycles. The fraction of sp³-hybridized carbons (Fsp3) is 0.188. The molecule has 0 radical (unpaired) electrons. The van der Waals surface area contributed by atoms with E-state index in [1.165, 1.54) is 6.07 Å². The molecule has 2 rings (SSSR count). The zero-order valence-electron chi connectivity index (χ0n) is 10.4. The van der Waals surface area contributed by atoms with Crippen LogP contribution in [-0.4, -0.2) is 6.10 Å². The molecular formula is C16H14FNO. The third kappa shape index (κ3) is 3.82. The van der Waals surface area contributed by atoms with Crippen molar-refractivity contribution in [3.8, 4) is 11.8 Å². The highest BCUT2D eigenvalue weighted by molar-refractivity contribution is 5.22. The Bertz CT molecular complexity index is 562. The Labute approximate surface area is 112 Å². The van der Waals surface area contributed by atoms with E-state index in [1.807, 2.05) is 18.2 Å². The molecule has 3 heteroatoms. The van der Waals surface area contributed by atoms with Gasteiger partial charge in [-0.15, -0.1) is 0 Å². The maximum atomic E-state index is 13.4. The first-order valence-electron chi connectivity index (χ1n) is 6.14. The van der Waals surface area contributed by atoms with Crippen LogP contribution in [0.3, 0.4) is 0 Å². The van der Waals surface area contributed by atoms with Crippen molar-refractivity contribution in [3.63, 3.8) is 0 Å². The van der Waals surface area contributed by atoms with E-state index >= 15 is 0 Å². The van der Waals surface area contributed by atoms with E-state index in [-0.39, 0.29) is 5.82 Å². The lowest BCUT2D eigenvalue weighted by Crippen LogP contribution is -2.15. The second kappa shape index (κ2) is 6.55. The zero-order valence-corrected chi connectivity index (χ0v) is 10.4. The Morgan fingerprint density at radius 3 is 2.42 bits per heavy atom. The molecular weight excluding hydrogens is 241 g/mol. The first-order valence-corrected chi connectivity index (χ1v) is 6.14. The molecule has 0 N–H and O–H groups in total. The van der Waals surface area contributed by atoms with Gasteiger partial charge in [-0.1, -0.05) is 36.4 Å². The molecule has 0 heterocycles. The molecule has 0 aliphatic heterocycles. The van der Waals surface area contributed by atoms with Gasteiger partial charge >= 0.3 is 0 Å². The van der Waals surface area contributed by atoms with Crippen molar-refractivity contribution < 1.29 is 9.13 Å². The van der Waals surface area contributed by atoms with Gasteiger partial charge in [-0.05, 0) is 30.2 Å². The summed E-state index contributed by atoms with van der Waals surface area (Å²) in [5, 5.41) is 9.07. The van der Waals surface area contributed by atoms with Crippen LogP contribution in [-0.2, 0) is 6.42 Å². The van der Waals surface area contributed by atoms with Gasteiger partial charge in [0, 0.05) is 6.42 Å². The quantitative estimate of drug-likeness (QED) is 0.815. The number of nitriles is 1. The van der Waals surface area contributed by atoms with Gasteiger partial charge in [0.1, 0.15) is 17.6 Å². The van der Waals surface area contributed by atoms with Crippen molar-refractivity contribution in [1.82, 2.24) is 0 Å². The molecule has 0 saturated carbocycles. The minimum atomic E-state index is -0.568. The number of hydrogen-bond donors (Lipinski definition) is 0. The molecule has 96 valence electrons. The monoisotopic (exact) mass is 255 g/mol. The van der Waals surface area contributed by atoms with Crippen LogP contribution in [0.2, 0.25) is 0 Å². The average Bonchev–Trinajstić information content (AvgIpc) is 2.46. The van der Waals surface area contributed by atoms with E-state index in [9.17, 15) is 4.39 Å². The SMILES string of the molecule is N#CC(CCc1ccccc1F)Oc1ccccc1. The van der Waals surface area contributed by atoms with Gasteiger partial charge in [-0.2, -0.15) is 5.26 Å². The van der Waals surface area contributed by atoms with Gasteiger partial charge in [0.15, 0.2) is 6.10 Å². The van der Waals surface area contributed by atoms with Crippen LogP contribution in [0.15, 0.2) is 54.6 Å². The van der Waals surface area contributed by atoms with E-state index in [0.717, 1.165) is 0 Å². The predicted octanol–water partition coefficient (Wildman–Crippen LogP) is 3.73. The van der Waals surface area contributed by atoms with E-state index in [0.29, 0.717) is 24.2 Å². The molecule has 0 amide bonds. The van der Waals surface area contributed by atoms with E-state index in [1.54, 1.807) is 30.3 Å². The van der Waals surface area contributed by atoms with Gasteiger partial charge in [0.2, 0.25) is 0 Å². The molecule has 0 saturated heterocycles. The normalized spacial score (nSPS) is 11.6. The number of para-hydroxylation sites is 1. The standard InChI is InChI=1S/C16H14FNO/c17-16-9-5-4-6-13(16)10-11-15(12-18)19-14-7-2-1-3-8-14/h1-9,15H,10-11H2. The zero-order chi connectivity index (χ0) is 13.5. The lowest BCUT2D eigenvalue weighted by atomic mass is 10.1. The number of nitrogens with zero attached hydrogens (tertiary/aromatic N) is 1. The Morgan fingerprint density at radius 1 is 1.05 bits per heavy atom. The summed E-state index contributed by atoms with van der Waals surface area (Å²) >= 11 is 0. The minimum Gasteiger partial charge on any atom is -0.476 e. The maximum absolute atomic E-state index is 13.4. The molecule has 2 nitrogen and oxygen atoms in total. The molecule has 1 unspecified atom stereocenters. The third-order valence-electron chi connectivity index (χ3n) is 2.80.